The van der Waals surface area contributed by atoms with Crippen LogP contribution in [-0.4, -0.2) is 43.7 Å². The minimum atomic E-state index is -3.37. The molecule has 0 saturated carbocycles. The Morgan fingerprint density at radius 1 is 0.652 bits per heavy atom. The predicted octanol–water partition coefficient (Wildman–Crippen LogP) is 5.40. The van der Waals surface area contributed by atoms with Gasteiger partial charge in [0, 0.05) is 0 Å². The van der Waals surface area contributed by atoms with Gasteiger partial charge in [-0.05, 0) is 19.3 Å². The molecule has 0 spiro atoms. The van der Waals surface area contributed by atoms with E-state index in [9.17, 15) is 8.42 Å². The first-order chi connectivity index (χ1) is 10.6. The molecule has 0 rings (SSSR count). The van der Waals surface area contributed by atoms with Crippen molar-refractivity contribution in [3.8, 4) is 0 Å². The topological polar surface area (TPSA) is 43.4 Å². The molecule has 23 heavy (non-hydrogen) atoms. The second-order valence-corrected chi connectivity index (χ2v) is 8.41. The van der Waals surface area contributed by atoms with Crippen molar-refractivity contribution in [2.45, 2.75) is 103 Å². The van der Waals surface area contributed by atoms with Crippen molar-refractivity contribution in [2.24, 2.45) is 0 Å². The zero-order valence-corrected chi connectivity index (χ0v) is 16.1. The van der Waals surface area contributed by atoms with Gasteiger partial charge in [-0.2, -0.15) is 8.42 Å². The summed E-state index contributed by atoms with van der Waals surface area (Å²) in [6.07, 6.45) is 19.1. The third-order valence-electron chi connectivity index (χ3n) is 4.11. The Labute approximate surface area is 172 Å². The summed E-state index contributed by atoms with van der Waals surface area (Å²) < 4.78 is 26.2. The van der Waals surface area contributed by atoms with Gasteiger partial charge in [-0.1, -0.05) is 96.8 Å². The van der Waals surface area contributed by atoms with Crippen LogP contribution < -0.4 is 0 Å². The molecule has 0 atom stereocenters. The molecule has 0 fully saturated rings. The molecule has 6 heteroatoms. The number of rotatable bonds is 17. The molecule has 0 aromatic heterocycles. The Hall–Kier alpha value is 1.26. The molecule has 136 valence electrons. The van der Waals surface area contributed by atoms with E-state index in [0.717, 1.165) is 12.8 Å². The van der Waals surface area contributed by atoms with Crippen LogP contribution in [0.4, 0.5) is 0 Å². The quantitative estimate of drug-likeness (QED) is 0.160. The fourth-order valence-electron chi connectivity index (χ4n) is 2.69. The number of thiol groups is 1. The Morgan fingerprint density at radius 3 is 1.26 bits per heavy atom. The van der Waals surface area contributed by atoms with Crippen molar-refractivity contribution in [1.29, 1.82) is 0 Å². The summed E-state index contributed by atoms with van der Waals surface area (Å²) in [6, 6.07) is 0. The Balaban J connectivity index is 0. The van der Waals surface area contributed by atoms with Crippen molar-refractivity contribution in [1.82, 2.24) is 0 Å². The van der Waals surface area contributed by atoms with Gasteiger partial charge in [0.25, 0.3) is 10.1 Å². The summed E-state index contributed by atoms with van der Waals surface area (Å²) in [6.45, 7) is 2.26. The van der Waals surface area contributed by atoms with Gasteiger partial charge in [0.2, 0.25) is 0 Å². The van der Waals surface area contributed by atoms with Crippen LogP contribution in [0, 0.1) is 0 Å². The first kappa shape index (κ1) is 26.5. The third kappa shape index (κ3) is 21.2. The van der Waals surface area contributed by atoms with Gasteiger partial charge >= 0.3 is 29.6 Å². The molecule has 0 aliphatic carbocycles. The minimum absolute atomic E-state index is 0. The normalized spacial score (nSPS) is 11.4. The Kier molecular flexibility index (Phi) is 22.6. The number of unbranched alkanes of at least 4 members (excludes halogenated alkanes) is 14. The van der Waals surface area contributed by atoms with Gasteiger partial charge in [0.15, 0.2) is 0 Å². The van der Waals surface area contributed by atoms with Gasteiger partial charge in [0.1, 0.15) is 0 Å². The SMILES string of the molecule is CCCCCCCCCCCCCCCCCS(=O)(=O)OS.[NaH]. The molecule has 0 aromatic carbocycles. The van der Waals surface area contributed by atoms with Crippen LogP contribution in [0.15, 0.2) is 0 Å². The van der Waals surface area contributed by atoms with Crippen LogP contribution in [0.25, 0.3) is 0 Å². The molecule has 0 aromatic rings. The zero-order chi connectivity index (χ0) is 16.5. The maximum atomic E-state index is 11.0. The molecular weight excluding hydrogens is 339 g/mol. The number of hydrogen-bond acceptors (Lipinski definition) is 4. The van der Waals surface area contributed by atoms with E-state index in [2.05, 4.69) is 23.5 Å². The van der Waals surface area contributed by atoms with Gasteiger partial charge in [0.05, 0.1) is 5.75 Å². The summed E-state index contributed by atoms with van der Waals surface area (Å²) in [7, 11) is -3.37. The summed E-state index contributed by atoms with van der Waals surface area (Å²) in [5.41, 5.74) is 0. The van der Waals surface area contributed by atoms with E-state index in [4.69, 9.17) is 0 Å². The molecule has 0 aliphatic heterocycles. The van der Waals surface area contributed by atoms with Crippen LogP contribution in [0.5, 0.6) is 0 Å². The van der Waals surface area contributed by atoms with E-state index < -0.39 is 10.1 Å². The molecule has 0 unspecified atom stereocenters. The van der Waals surface area contributed by atoms with Crippen LogP contribution in [0.1, 0.15) is 103 Å². The maximum absolute atomic E-state index is 11.0. The molecule has 0 radical (unpaired) electrons. The Bertz CT molecular complexity index is 322. The average molecular weight is 377 g/mol. The summed E-state index contributed by atoms with van der Waals surface area (Å²) in [4.78, 5) is 0. The molecule has 0 N–H and O–H groups in total. The van der Waals surface area contributed by atoms with Gasteiger partial charge in [-0.3, -0.25) is 0 Å². The third-order valence-corrected chi connectivity index (χ3v) is 5.81. The first-order valence-electron chi connectivity index (χ1n) is 9.18. The molecule has 0 saturated heterocycles. The van der Waals surface area contributed by atoms with Crippen LogP contribution in [-0.2, 0) is 13.7 Å². The van der Waals surface area contributed by atoms with E-state index in [0.29, 0.717) is 6.42 Å². The molecule has 0 aliphatic rings. The van der Waals surface area contributed by atoms with E-state index in [1.807, 2.05) is 0 Å². The van der Waals surface area contributed by atoms with Gasteiger partial charge in [-0.25, -0.2) is 3.63 Å². The molecule has 0 bridgehead atoms. The Morgan fingerprint density at radius 2 is 0.957 bits per heavy atom. The van der Waals surface area contributed by atoms with E-state index in [1.165, 1.54) is 77.0 Å². The standard InChI is InChI=1S/C17H36O3S2.Na.H/c1-2-3-4-5-6-7-8-9-10-11-12-13-14-15-16-17-22(18,19)20-21;;/h21H,2-17H2,1H3;;. The van der Waals surface area contributed by atoms with E-state index in [1.54, 1.807) is 0 Å². The fraction of sp³-hybridized carbons (Fsp3) is 1.00. The first-order valence-corrected chi connectivity index (χ1v) is 11.1. The van der Waals surface area contributed by atoms with Crippen molar-refractivity contribution in [3.63, 3.8) is 0 Å². The predicted molar refractivity (Wildman–Crippen MR) is 106 cm³/mol. The molecule has 0 amide bonds. The van der Waals surface area contributed by atoms with Crippen molar-refractivity contribution in [3.05, 3.63) is 0 Å². The van der Waals surface area contributed by atoms with Gasteiger partial charge < -0.3 is 0 Å². The van der Waals surface area contributed by atoms with Crippen LogP contribution >= 0.6 is 12.9 Å². The summed E-state index contributed by atoms with van der Waals surface area (Å²) in [5, 5.41) is 0. The van der Waals surface area contributed by atoms with Gasteiger partial charge in [-0.15, -0.1) is 0 Å². The van der Waals surface area contributed by atoms with Crippen molar-refractivity contribution < 1.29 is 12.0 Å². The second-order valence-electron chi connectivity index (χ2n) is 6.29. The average Bonchev–Trinajstić information content (AvgIpc) is 2.51. The second kappa shape index (κ2) is 19.6. The summed E-state index contributed by atoms with van der Waals surface area (Å²) >= 11 is 3.34. The zero-order valence-electron chi connectivity index (χ0n) is 14.4. The number of hydrogen-bond donors (Lipinski definition) is 1. The molecule has 0 heterocycles. The van der Waals surface area contributed by atoms with E-state index >= 15 is 0 Å². The van der Waals surface area contributed by atoms with Crippen LogP contribution in [0.3, 0.4) is 0 Å². The fourth-order valence-corrected chi connectivity index (χ4v) is 3.54. The monoisotopic (exact) mass is 376 g/mol. The summed E-state index contributed by atoms with van der Waals surface area (Å²) in [5.74, 6) is 0.0920. The van der Waals surface area contributed by atoms with Crippen molar-refractivity contribution >= 4 is 52.6 Å². The van der Waals surface area contributed by atoms with Crippen LogP contribution in [0.2, 0.25) is 0 Å². The van der Waals surface area contributed by atoms with Crippen molar-refractivity contribution in [2.75, 3.05) is 5.75 Å². The van der Waals surface area contributed by atoms with E-state index in [-0.39, 0.29) is 35.3 Å². The molecule has 3 nitrogen and oxygen atoms in total. The molecular formula is C17H37NaO3S2.